The molecule has 5 heteroatoms. The monoisotopic (exact) mass is 343 g/mol. The molecule has 0 unspecified atom stereocenters. The first-order valence-corrected chi connectivity index (χ1v) is 9.35. The smallest absolute Gasteiger partial charge is 0.118 e. The minimum atomic E-state index is 0.862. The van der Waals surface area contributed by atoms with Gasteiger partial charge >= 0.3 is 0 Å². The first-order valence-electron chi connectivity index (χ1n) is 8.54. The number of rotatable bonds is 9. The maximum Gasteiger partial charge on any atom is 0.118 e. The Morgan fingerprint density at radius 2 is 2.04 bits per heavy atom. The molecule has 3 aromatic heterocycles. The van der Waals surface area contributed by atoms with Crippen LogP contribution in [-0.4, -0.2) is 21.0 Å². The molecule has 0 amide bonds. The highest BCUT2D eigenvalue weighted by Gasteiger charge is 2.11. The number of furan rings is 1. The first-order chi connectivity index (χ1) is 11.7. The van der Waals surface area contributed by atoms with Gasteiger partial charge in [-0.05, 0) is 37.6 Å². The van der Waals surface area contributed by atoms with Crippen LogP contribution in [0.4, 0.5) is 0 Å². The van der Waals surface area contributed by atoms with E-state index in [1.165, 1.54) is 9.75 Å². The maximum absolute atomic E-state index is 5.90. The highest BCUT2D eigenvalue weighted by atomic mass is 32.1. The first kappa shape index (κ1) is 17.0. The van der Waals surface area contributed by atoms with Crippen molar-refractivity contribution in [3.8, 4) is 0 Å². The van der Waals surface area contributed by atoms with Gasteiger partial charge in [-0.25, -0.2) is 4.98 Å². The van der Waals surface area contributed by atoms with Gasteiger partial charge in [-0.3, -0.25) is 4.90 Å². The topological polar surface area (TPSA) is 34.2 Å². The molecule has 0 aromatic carbocycles. The average Bonchev–Trinajstić information content (AvgIpc) is 3.30. The van der Waals surface area contributed by atoms with Crippen molar-refractivity contribution in [1.29, 1.82) is 0 Å². The van der Waals surface area contributed by atoms with Gasteiger partial charge in [-0.2, -0.15) is 0 Å². The number of aryl methyl sites for hydroxylation is 3. The molecule has 0 atom stereocenters. The van der Waals surface area contributed by atoms with Crippen molar-refractivity contribution >= 4 is 11.3 Å². The second kappa shape index (κ2) is 8.31. The fourth-order valence-electron chi connectivity index (χ4n) is 2.82. The Labute approximate surface area is 147 Å². The van der Waals surface area contributed by atoms with E-state index in [-0.39, 0.29) is 0 Å². The number of imidazole rings is 1. The van der Waals surface area contributed by atoms with Crippen LogP contribution in [0.1, 0.15) is 34.6 Å². The lowest BCUT2D eigenvalue weighted by atomic mass is 10.3. The summed E-state index contributed by atoms with van der Waals surface area (Å²) in [6.07, 6.45) is 7.79. The summed E-state index contributed by atoms with van der Waals surface area (Å²) in [4.78, 5) is 9.36. The number of thiophene rings is 1. The van der Waals surface area contributed by atoms with Gasteiger partial charge in [0.25, 0.3) is 0 Å². The third-order valence-electron chi connectivity index (χ3n) is 4.07. The molecule has 0 bridgehead atoms. The molecule has 3 aromatic rings. The Hall–Kier alpha value is -1.85. The summed E-state index contributed by atoms with van der Waals surface area (Å²) in [5.41, 5.74) is 0. The number of aromatic nitrogens is 2. The van der Waals surface area contributed by atoms with Crippen LogP contribution in [0.15, 0.2) is 47.4 Å². The van der Waals surface area contributed by atoms with Gasteiger partial charge in [0.1, 0.15) is 11.5 Å². The zero-order chi connectivity index (χ0) is 16.8. The van der Waals surface area contributed by atoms with Crippen LogP contribution in [0.25, 0.3) is 0 Å². The summed E-state index contributed by atoms with van der Waals surface area (Å²) >= 11 is 1.88. The van der Waals surface area contributed by atoms with E-state index < -0.39 is 0 Å². The number of nitrogens with zero attached hydrogens (tertiary/aromatic N) is 3. The van der Waals surface area contributed by atoms with Crippen LogP contribution in [0.3, 0.4) is 0 Å². The number of hydrogen-bond acceptors (Lipinski definition) is 4. The van der Waals surface area contributed by atoms with E-state index >= 15 is 0 Å². The van der Waals surface area contributed by atoms with Crippen molar-refractivity contribution in [3.05, 3.63) is 64.3 Å². The Kier molecular flexibility index (Phi) is 5.88. The van der Waals surface area contributed by atoms with Gasteiger partial charge in [0.15, 0.2) is 0 Å². The largest absolute Gasteiger partial charge is 0.465 e. The molecule has 0 saturated carbocycles. The van der Waals surface area contributed by atoms with E-state index in [1.54, 1.807) is 0 Å². The summed E-state index contributed by atoms with van der Waals surface area (Å²) in [5.74, 6) is 2.12. The van der Waals surface area contributed by atoms with Crippen LogP contribution in [0, 0.1) is 6.92 Å². The van der Waals surface area contributed by atoms with Crippen LogP contribution in [0.2, 0.25) is 0 Å². The Morgan fingerprint density at radius 3 is 2.71 bits per heavy atom. The molecule has 0 radical (unpaired) electrons. The van der Waals surface area contributed by atoms with Crippen LogP contribution in [0.5, 0.6) is 0 Å². The van der Waals surface area contributed by atoms with Crippen LogP contribution in [-0.2, 0) is 26.1 Å². The van der Waals surface area contributed by atoms with E-state index in [1.807, 2.05) is 30.1 Å². The molecule has 0 spiro atoms. The maximum atomic E-state index is 5.90. The number of hydrogen-bond donors (Lipinski definition) is 0. The fraction of sp³-hybridized carbons (Fsp3) is 0.421. The lowest BCUT2D eigenvalue weighted by Crippen LogP contribution is -2.24. The third-order valence-corrected chi connectivity index (χ3v) is 5.06. The molecule has 0 aliphatic heterocycles. The van der Waals surface area contributed by atoms with Crippen molar-refractivity contribution in [2.75, 3.05) is 6.54 Å². The normalized spacial score (nSPS) is 11.5. The van der Waals surface area contributed by atoms with Crippen molar-refractivity contribution in [2.24, 2.45) is 0 Å². The molecular weight excluding hydrogens is 318 g/mol. The van der Waals surface area contributed by atoms with Gasteiger partial charge < -0.3 is 8.98 Å². The summed E-state index contributed by atoms with van der Waals surface area (Å²) in [5, 5.41) is 0. The molecule has 0 aliphatic carbocycles. The van der Waals surface area contributed by atoms with E-state index in [0.29, 0.717) is 0 Å². The van der Waals surface area contributed by atoms with Crippen molar-refractivity contribution in [2.45, 2.75) is 46.3 Å². The van der Waals surface area contributed by atoms with E-state index in [9.17, 15) is 0 Å². The molecule has 0 N–H and O–H groups in total. The van der Waals surface area contributed by atoms with Gasteiger partial charge in [0.2, 0.25) is 0 Å². The summed E-state index contributed by atoms with van der Waals surface area (Å²) < 4.78 is 8.04. The molecule has 24 heavy (non-hydrogen) atoms. The molecule has 0 saturated heterocycles. The average molecular weight is 343 g/mol. The van der Waals surface area contributed by atoms with Gasteiger partial charge in [-0.15, -0.1) is 11.3 Å². The Bertz CT molecular complexity index is 729. The van der Waals surface area contributed by atoms with E-state index in [2.05, 4.69) is 52.6 Å². The predicted molar refractivity (Wildman–Crippen MR) is 98.1 cm³/mol. The van der Waals surface area contributed by atoms with Gasteiger partial charge in [0.05, 0.1) is 12.9 Å². The standard InChI is InChI=1S/C19H25N3OS/c1-3-17-6-7-18(23-17)13-22(14-19-8-5-16(2)24-19)11-4-10-21-12-9-20-15-21/h5-9,12,15H,3-4,10-11,13-14H2,1-2H3. The fourth-order valence-corrected chi connectivity index (χ4v) is 3.75. The minimum absolute atomic E-state index is 0.862. The quantitative estimate of drug-likeness (QED) is 0.573. The summed E-state index contributed by atoms with van der Waals surface area (Å²) in [7, 11) is 0. The zero-order valence-electron chi connectivity index (χ0n) is 14.4. The molecule has 3 heterocycles. The molecule has 3 rings (SSSR count). The van der Waals surface area contributed by atoms with Crippen molar-refractivity contribution in [1.82, 2.24) is 14.5 Å². The van der Waals surface area contributed by atoms with E-state index in [0.717, 1.165) is 50.5 Å². The van der Waals surface area contributed by atoms with Crippen LogP contribution < -0.4 is 0 Å². The van der Waals surface area contributed by atoms with Crippen molar-refractivity contribution in [3.63, 3.8) is 0 Å². The van der Waals surface area contributed by atoms with Gasteiger partial charge in [0, 0.05) is 48.2 Å². The molecule has 0 aliphatic rings. The van der Waals surface area contributed by atoms with Crippen LogP contribution >= 0.6 is 11.3 Å². The second-order valence-corrected chi connectivity index (χ2v) is 7.47. The summed E-state index contributed by atoms with van der Waals surface area (Å²) in [6.45, 7) is 8.17. The Morgan fingerprint density at radius 1 is 1.17 bits per heavy atom. The van der Waals surface area contributed by atoms with E-state index in [4.69, 9.17) is 4.42 Å². The predicted octanol–water partition coefficient (Wildman–Crippen LogP) is 4.50. The van der Waals surface area contributed by atoms with Gasteiger partial charge in [-0.1, -0.05) is 6.92 Å². The molecule has 4 nitrogen and oxygen atoms in total. The summed E-state index contributed by atoms with van der Waals surface area (Å²) in [6, 6.07) is 8.64. The second-order valence-electron chi connectivity index (χ2n) is 6.10. The molecule has 128 valence electrons. The lowest BCUT2D eigenvalue weighted by molar-refractivity contribution is 0.228. The Balaban J connectivity index is 1.60. The SMILES string of the molecule is CCc1ccc(CN(CCCn2ccnc2)Cc2ccc(C)s2)o1. The zero-order valence-corrected chi connectivity index (χ0v) is 15.3. The van der Waals surface area contributed by atoms with Crippen molar-refractivity contribution < 1.29 is 4.42 Å². The molecular formula is C19H25N3OS. The molecule has 0 fully saturated rings. The minimum Gasteiger partial charge on any atom is -0.465 e. The highest BCUT2D eigenvalue weighted by molar-refractivity contribution is 7.11. The highest BCUT2D eigenvalue weighted by Crippen LogP contribution is 2.19. The lowest BCUT2D eigenvalue weighted by Gasteiger charge is -2.20. The third kappa shape index (κ3) is 4.82.